The number of benzene rings is 1. The molecule has 39 heavy (non-hydrogen) atoms. The third-order valence-corrected chi connectivity index (χ3v) is 9.43. The smallest absolute Gasteiger partial charge is 0.308 e. The summed E-state index contributed by atoms with van der Waals surface area (Å²) in [5.74, 6) is 0.505. The van der Waals surface area contributed by atoms with Crippen molar-refractivity contribution >= 4 is 27.7 Å². The molecule has 3 aliphatic rings. The van der Waals surface area contributed by atoms with Gasteiger partial charge in [0.2, 0.25) is 0 Å². The first-order chi connectivity index (χ1) is 18.7. The molecule has 0 bridgehead atoms. The molecule has 9 nitrogen and oxygen atoms in total. The lowest BCUT2D eigenvalue weighted by Crippen LogP contribution is -2.44. The number of esters is 1. The maximum Gasteiger partial charge on any atom is 0.308 e. The van der Waals surface area contributed by atoms with E-state index in [1.165, 1.54) is 32.4 Å². The van der Waals surface area contributed by atoms with E-state index in [1.54, 1.807) is 12.1 Å². The normalized spacial score (nSPS) is 19.8. The van der Waals surface area contributed by atoms with Crippen molar-refractivity contribution in [3.8, 4) is 5.75 Å². The summed E-state index contributed by atoms with van der Waals surface area (Å²) in [7, 11) is -2.83. The number of amides is 1. The summed E-state index contributed by atoms with van der Waals surface area (Å²) < 4.78 is 39.9. The van der Waals surface area contributed by atoms with Crippen LogP contribution in [0.25, 0.3) is 0 Å². The lowest BCUT2D eigenvalue weighted by atomic mass is 9.83. The highest BCUT2D eigenvalue weighted by molar-refractivity contribution is 7.90. The number of pyridine rings is 1. The van der Waals surface area contributed by atoms with Crippen molar-refractivity contribution in [3.63, 3.8) is 0 Å². The minimum absolute atomic E-state index is 0.167. The van der Waals surface area contributed by atoms with Crippen molar-refractivity contribution in [3.05, 3.63) is 47.5 Å². The number of ether oxygens (including phenoxy) is 2. The molecule has 5 rings (SSSR count). The van der Waals surface area contributed by atoms with Crippen molar-refractivity contribution in [1.82, 2.24) is 9.71 Å². The van der Waals surface area contributed by atoms with Gasteiger partial charge in [0, 0.05) is 25.9 Å². The van der Waals surface area contributed by atoms with E-state index in [0.717, 1.165) is 24.0 Å². The monoisotopic (exact) mass is 555 g/mol. The van der Waals surface area contributed by atoms with Crippen LogP contribution in [0.2, 0.25) is 0 Å². The van der Waals surface area contributed by atoms with Gasteiger partial charge in [0.05, 0.1) is 13.0 Å². The Morgan fingerprint density at radius 1 is 1.03 bits per heavy atom. The SMILES string of the molecule is COC(=O)C1CCN(c2cccc(S(=O)(=O)NC(=O)C3(Oc4cc(C)ccc4C4CCCCC4)CC3)n2)CC1. The molecule has 0 spiro atoms. The minimum atomic E-state index is -4.21. The predicted octanol–water partition coefficient (Wildman–Crippen LogP) is 4.24. The molecule has 0 atom stereocenters. The van der Waals surface area contributed by atoms with Gasteiger partial charge in [0.1, 0.15) is 11.6 Å². The second-order valence-electron chi connectivity index (χ2n) is 11.0. The van der Waals surface area contributed by atoms with Gasteiger partial charge < -0.3 is 14.4 Å². The quantitative estimate of drug-likeness (QED) is 0.481. The fourth-order valence-corrected chi connectivity index (χ4v) is 6.69. The number of rotatable bonds is 8. The van der Waals surface area contributed by atoms with E-state index < -0.39 is 21.5 Å². The second kappa shape index (κ2) is 11.2. The highest BCUT2D eigenvalue weighted by Crippen LogP contribution is 2.45. The van der Waals surface area contributed by atoms with Crippen LogP contribution in [0.5, 0.6) is 5.75 Å². The highest BCUT2D eigenvalue weighted by atomic mass is 32.2. The van der Waals surface area contributed by atoms with Crippen LogP contribution in [0.15, 0.2) is 41.4 Å². The Morgan fingerprint density at radius 2 is 1.74 bits per heavy atom. The summed E-state index contributed by atoms with van der Waals surface area (Å²) in [6.45, 7) is 3.09. The largest absolute Gasteiger partial charge is 0.477 e. The third-order valence-electron chi connectivity index (χ3n) is 8.20. The number of methoxy groups -OCH3 is 1. The lowest BCUT2D eigenvalue weighted by Gasteiger charge is -2.31. The maximum atomic E-state index is 13.3. The number of aryl methyl sites for hydroxylation is 1. The number of aromatic nitrogens is 1. The predicted molar refractivity (Wildman–Crippen MR) is 146 cm³/mol. The average molecular weight is 556 g/mol. The first-order valence-electron chi connectivity index (χ1n) is 13.9. The summed E-state index contributed by atoms with van der Waals surface area (Å²) in [5, 5.41) is -0.224. The molecule has 10 heteroatoms. The standard InChI is InChI=1S/C29H37N3O6S/c1-20-11-12-23(21-7-4-3-5-8-21)24(19-20)38-29(15-16-29)28(34)31-39(35,36)26-10-6-9-25(30-26)32-17-13-22(14-18-32)27(33)37-2/h6,9-12,19,21-22H,3-5,7-8,13-18H2,1-2H3,(H,31,34). The van der Waals surface area contributed by atoms with Gasteiger partial charge in [-0.3, -0.25) is 9.59 Å². The number of anilines is 1. The zero-order valence-electron chi connectivity index (χ0n) is 22.6. The number of carbonyl (C=O) groups excluding carboxylic acids is 2. The van der Waals surface area contributed by atoms with Crippen molar-refractivity contribution in [1.29, 1.82) is 0 Å². The van der Waals surface area contributed by atoms with Crippen molar-refractivity contribution in [2.45, 2.75) is 81.3 Å². The summed E-state index contributed by atoms with van der Waals surface area (Å²) in [6, 6.07) is 10.8. The van der Waals surface area contributed by atoms with Crippen LogP contribution in [-0.4, -0.2) is 51.1 Å². The van der Waals surface area contributed by atoms with E-state index in [0.29, 0.717) is 56.3 Å². The number of piperidine rings is 1. The molecule has 210 valence electrons. The maximum absolute atomic E-state index is 13.3. The van der Waals surface area contributed by atoms with Crippen molar-refractivity contribution in [2.75, 3.05) is 25.1 Å². The van der Waals surface area contributed by atoms with Crippen molar-refractivity contribution < 1.29 is 27.5 Å². The topological polar surface area (TPSA) is 115 Å². The fraction of sp³-hybridized carbons (Fsp3) is 0.552. The van der Waals surface area contributed by atoms with Crippen molar-refractivity contribution in [2.24, 2.45) is 5.92 Å². The Kier molecular flexibility index (Phi) is 7.84. The third kappa shape index (κ3) is 6.05. The molecule has 2 aliphatic carbocycles. The molecule has 1 aliphatic heterocycles. The van der Waals surface area contributed by atoms with Gasteiger partial charge in [0.25, 0.3) is 15.9 Å². The van der Waals surface area contributed by atoms with Crippen LogP contribution in [0.3, 0.4) is 0 Å². The van der Waals surface area contributed by atoms with Crippen LogP contribution in [-0.2, 0) is 24.3 Å². The summed E-state index contributed by atoms with van der Waals surface area (Å²) in [5.41, 5.74) is 0.940. The molecule has 2 heterocycles. The number of nitrogens with zero attached hydrogens (tertiary/aromatic N) is 2. The van der Waals surface area contributed by atoms with Gasteiger partial charge in [-0.05, 0) is 67.9 Å². The Labute approximate surface area is 230 Å². The summed E-state index contributed by atoms with van der Waals surface area (Å²) in [4.78, 5) is 31.4. The zero-order chi connectivity index (χ0) is 27.6. The Morgan fingerprint density at radius 3 is 2.41 bits per heavy atom. The van der Waals surface area contributed by atoms with E-state index in [2.05, 4.69) is 21.8 Å². The molecule has 1 amide bonds. The first-order valence-corrected chi connectivity index (χ1v) is 15.4. The van der Waals surface area contributed by atoms with Gasteiger partial charge in [-0.25, -0.2) is 9.71 Å². The van der Waals surface area contributed by atoms with Crippen LogP contribution in [0.4, 0.5) is 5.82 Å². The van der Waals surface area contributed by atoms with E-state index in [-0.39, 0.29) is 16.9 Å². The van der Waals surface area contributed by atoms with E-state index in [4.69, 9.17) is 9.47 Å². The summed E-state index contributed by atoms with van der Waals surface area (Å²) in [6.07, 6.45) is 7.89. The molecule has 1 aromatic heterocycles. The molecule has 1 N–H and O–H groups in total. The Balaban J connectivity index is 1.28. The van der Waals surface area contributed by atoms with Gasteiger partial charge in [-0.1, -0.05) is 37.5 Å². The molecule has 3 fully saturated rings. The van der Waals surface area contributed by atoms with Crippen LogP contribution >= 0.6 is 0 Å². The molecular formula is C29H37N3O6S. The van der Waals surface area contributed by atoms with Gasteiger partial charge in [-0.15, -0.1) is 0 Å². The first kappa shape index (κ1) is 27.4. The fourth-order valence-electron chi connectivity index (χ4n) is 5.69. The lowest BCUT2D eigenvalue weighted by molar-refractivity contribution is -0.146. The number of nitrogens with one attached hydrogen (secondary N) is 1. The number of hydrogen-bond donors (Lipinski definition) is 1. The summed E-state index contributed by atoms with van der Waals surface area (Å²) >= 11 is 0. The van der Waals surface area contributed by atoms with Crippen LogP contribution in [0.1, 0.15) is 74.8 Å². The van der Waals surface area contributed by atoms with Crippen LogP contribution in [0, 0.1) is 12.8 Å². The van der Waals surface area contributed by atoms with Gasteiger partial charge in [-0.2, -0.15) is 8.42 Å². The Hall–Kier alpha value is -3.14. The van der Waals surface area contributed by atoms with E-state index in [9.17, 15) is 18.0 Å². The van der Waals surface area contributed by atoms with E-state index >= 15 is 0 Å². The molecule has 2 aromatic rings. The van der Waals surface area contributed by atoms with Gasteiger partial charge in [0.15, 0.2) is 10.6 Å². The molecule has 0 unspecified atom stereocenters. The Bertz CT molecular complexity index is 1330. The zero-order valence-corrected chi connectivity index (χ0v) is 23.5. The minimum Gasteiger partial charge on any atom is -0.477 e. The molecule has 2 saturated carbocycles. The average Bonchev–Trinajstić information content (AvgIpc) is 3.74. The van der Waals surface area contributed by atoms with E-state index in [1.807, 2.05) is 17.9 Å². The highest BCUT2D eigenvalue weighted by Gasteiger charge is 2.54. The molecule has 1 saturated heterocycles. The number of hydrogen-bond acceptors (Lipinski definition) is 8. The second-order valence-corrected chi connectivity index (χ2v) is 12.7. The van der Waals surface area contributed by atoms with Gasteiger partial charge >= 0.3 is 5.97 Å². The number of sulfonamides is 1. The molecular weight excluding hydrogens is 518 g/mol. The molecule has 1 aromatic carbocycles. The van der Waals surface area contributed by atoms with Crippen LogP contribution < -0.4 is 14.4 Å². The number of carbonyl (C=O) groups is 2. The molecule has 0 radical (unpaired) electrons.